The molecule has 3 rings (SSSR count). The Balaban J connectivity index is 1.65. The van der Waals surface area contributed by atoms with E-state index in [1.54, 1.807) is 0 Å². The van der Waals surface area contributed by atoms with Crippen LogP contribution in [0.2, 0.25) is 0 Å². The van der Waals surface area contributed by atoms with Gasteiger partial charge in [-0.15, -0.1) is 11.8 Å². The fourth-order valence-electron chi connectivity index (χ4n) is 3.17. The van der Waals surface area contributed by atoms with Gasteiger partial charge in [0.2, 0.25) is 17.7 Å². The van der Waals surface area contributed by atoms with Gasteiger partial charge in [-0.05, 0) is 67.8 Å². The molecule has 152 valence electrons. The molecule has 1 saturated heterocycles. The Hall–Kier alpha value is -2.60. The highest BCUT2D eigenvalue weighted by Crippen LogP contribution is 2.34. The molecule has 1 aliphatic rings. The average molecular weight is 411 g/mol. The Morgan fingerprint density at radius 1 is 1.10 bits per heavy atom. The molecular formula is C23H26N2O3S. The van der Waals surface area contributed by atoms with E-state index >= 15 is 0 Å². The van der Waals surface area contributed by atoms with E-state index in [0.717, 1.165) is 34.6 Å². The number of unbranched alkanes of at least 4 members (excludes halogenated alkanes) is 1. The minimum atomic E-state index is -0.436. The molecule has 0 radical (unpaired) electrons. The number of amides is 3. The highest BCUT2D eigenvalue weighted by Gasteiger charge is 2.40. The van der Waals surface area contributed by atoms with Crippen LogP contribution < -0.4 is 10.2 Å². The van der Waals surface area contributed by atoms with E-state index in [4.69, 9.17) is 0 Å². The number of benzene rings is 2. The molecule has 0 unspecified atom stereocenters. The van der Waals surface area contributed by atoms with Gasteiger partial charge in [-0.1, -0.05) is 19.4 Å². The standard InChI is InChI=1S/C23H26N2O3S/c1-4-5-6-21(26)24-17-8-11-19(12-9-17)29-20-14-22(27)25(23(20)28)18-10-7-15(2)16(3)13-18/h7-13,20H,4-6,14H2,1-3H3,(H,24,26)/t20-/m0/s1. The molecule has 0 spiro atoms. The molecule has 0 aliphatic carbocycles. The van der Waals surface area contributed by atoms with Gasteiger partial charge in [-0.2, -0.15) is 0 Å². The summed E-state index contributed by atoms with van der Waals surface area (Å²) in [6, 6.07) is 13.0. The Labute approximate surface area is 175 Å². The number of nitrogens with zero attached hydrogens (tertiary/aromatic N) is 1. The lowest BCUT2D eigenvalue weighted by molar-refractivity contribution is -0.121. The largest absolute Gasteiger partial charge is 0.326 e. The first kappa shape index (κ1) is 21.1. The lowest BCUT2D eigenvalue weighted by atomic mass is 10.1. The summed E-state index contributed by atoms with van der Waals surface area (Å²) < 4.78 is 0. The van der Waals surface area contributed by atoms with Gasteiger partial charge in [-0.3, -0.25) is 14.4 Å². The topological polar surface area (TPSA) is 66.5 Å². The molecule has 2 aromatic rings. The first-order valence-corrected chi connectivity index (χ1v) is 10.8. The van der Waals surface area contributed by atoms with E-state index in [0.29, 0.717) is 12.1 Å². The number of carbonyl (C=O) groups excluding carboxylic acids is 3. The molecular weight excluding hydrogens is 384 g/mol. The lowest BCUT2D eigenvalue weighted by Crippen LogP contribution is -2.31. The molecule has 1 fully saturated rings. The third kappa shape index (κ3) is 5.07. The molecule has 5 nitrogen and oxygen atoms in total. The first-order chi connectivity index (χ1) is 13.9. The van der Waals surface area contributed by atoms with Gasteiger partial charge in [0, 0.05) is 23.4 Å². The summed E-state index contributed by atoms with van der Waals surface area (Å²) in [4.78, 5) is 39.4. The maximum Gasteiger partial charge on any atom is 0.247 e. The number of rotatable bonds is 7. The molecule has 1 heterocycles. The van der Waals surface area contributed by atoms with Crippen LogP contribution >= 0.6 is 11.8 Å². The monoisotopic (exact) mass is 410 g/mol. The molecule has 29 heavy (non-hydrogen) atoms. The van der Waals surface area contributed by atoms with Crippen molar-refractivity contribution in [1.29, 1.82) is 0 Å². The minimum Gasteiger partial charge on any atom is -0.326 e. The Morgan fingerprint density at radius 2 is 1.83 bits per heavy atom. The number of carbonyl (C=O) groups is 3. The van der Waals surface area contributed by atoms with E-state index in [1.807, 2.05) is 56.3 Å². The van der Waals surface area contributed by atoms with Crippen LogP contribution in [0.25, 0.3) is 0 Å². The van der Waals surface area contributed by atoms with Gasteiger partial charge >= 0.3 is 0 Å². The zero-order valence-electron chi connectivity index (χ0n) is 17.0. The molecule has 1 N–H and O–H groups in total. The SMILES string of the molecule is CCCCC(=O)Nc1ccc(S[C@H]2CC(=O)N(c3ccc(C)c(C)c3)C2=O)cc1. The van der Waals surface area contributed by atoms with Crippen molar-refractivity contribution in [1.82, 2.24) is 0 Å². The highest BCUT2D eigenvalue weighted by atomic mass is 32.2. The summed E-state index contributed by atoms with van der Waals surface area (Å²) in [7, 11) is 0. The van der Waals surface area contributed by atoms with Crippen LogP contribution in [-0.4, -0.2) is 23.0 Å². The Bertz CT molecular complexity index is 924. The number of thioether (sulfide) groups is 1. The van der Waals surface area contributed by atoms with Crippen LogP contribution in [0.4, 0.5) is 11.4 Å². The average Bonchev–Trinajstić information content (AvgIpc) is 2.97. The number of imide groups is 1. The highest BCUT2D eigenvalue weighted by molar-refractivity contribution is 8.00. The van der Waals surface area contributed by atoms with Crippen molar-refractivity contribution in [2.75, 3.05) is 10.2 Å². The van der Waals surface area contributed by atoms with Gasteiger partial charge in [0.05, 0.1) is 10.9 Å². The van der Waals surface area contributed by atoms with Crippen LogP contribution in [0, 0.1) is 13.8 Å². The van der Waals surface area contributed by atoms with Gasteiger partial charge in [-0.25, -0.2) is 4.90 Å². The molecule has 1 atom stereocenters. The van der Waals surface area contributed by atoms with Gasteiger partial charge in [0.15, 0.2) is 0 Å². The smallest absolute Gasteiger partial charge is 0.247 e. The maximum absolute atomic E-state index is 12.9. The van der Waals surface area contributed by atoms with E-state index in [-0.39, 0.29) is 24.1 Å². The van der Waals surface area contributed by atoms with Crippen LogP contribution in [0.5, 0.6) is 0 Å². The number of hydrogen-bond acceptors (Lipinski definition) is 4. The number of aryl methyl sites for hydroxylation is 2. The molecule has 0 saturated carbocycles. The van der Waals surface area contributed by atoms with Crippen molar-refractivity contribution in [3.8, 4) is 0 Å². The molecule has 2 aromatic carbocycles. The molecule has 0 aromatic heterocycles. The molecule has 0 bridgehead atoms. The van der Waals surface area contributed by atoms with E-state index < -0.39 is 5.25 Å². The van der Waals surface area contributed by atoms with Crippen molar-refractivity contribution >= 4 is 40.9 Å². The maximum atomic E-state index is 12.9. The first-order valence-electron chi connectivity index (χ1n) is 9.89. The zero-order valence-corrected chi connectivity index (χ0v) is 17.8. The second-order valence-electron chi connectivity index (χ2n) is 7.32. The van der Waals surface area contributed by atoms with Crippen LogP contribution in [0.15, 0.2) is 47.4 Å². The van der Waals surface area contributed by atoms with Gasteiger partial charge in [0.25, 0.3) is 0 Å². The Kier molecular flexibility index (Phi) is 6.75. The van der Waals surface area contributed by atoms with E-state index in [1.165, 1.54) is 16.7 Å². The van der Waals surface area contributed by atoms with Crippen LogP contribution in [0.3, 0.4) is 0 Å². The fraction of sp³-hybridized carbons (Fsp3) is 0.348. The van der Waals surface area contributed by atoms with Crippen molar-refractivity contribution in [2.24, 2.45) is 0 Å². The second kappa shape index (κ2) is 9.27. The summed E-state index contributed by atoms with van der Waals surface area (Å²) in [6.45, 7) is 6.02. The predicted octanol–water partition coefficient (Wildman–Crippen LogP) is 4.86. The van der Waals surface area contributed by atoms with Crippen LogP contribution in [0.1, 0.15) is 43.7 Å². The summed E-state index contributed by atoms with van der Waals surface area (Å²) >= 11 is 1.39. The third-order valence-corrected chi connectivity index (χ3v) is 6.22. The fourth-order valence-corrected chi connectivity index (χ4v) is 4.23. The third-order valence-electron chi connectivity index (χ3n) is 5.03. The van der Waals surface area contributed by atoms with E-state index in [9.17, 15) is 14.4 Å². The summed E-state index contributed by atoms with van der Waals surface area (Å²) in [5.74, 6) is -0.344. The van der Waals surface area contributed by atoms with Crippen molar-refractivity contribution in [2.45, 2.75) is 56.6 Å². The number of anilines is 2. The summed E-state index contributed by atoms with van der Waals surface area (Å²) in [6.07, 6.45) is 2.55. The molecule has 1 aliphatic heterocycles. The number of nitrogens with one attached hydrogen (secondary N) is 1. The van der Waals surface area contributed by atoms with Crippen molar-refractivity contribution in [3.05, 3.63) is 53.6 Å². The summed E-state index contributed by atoms with van der Waals surface area (Å²) in [5, 5.41) is 2.44. The quantitative estimate of drug-likeness (QED) is 0.662. The van der Waals surface area contributed by atoms with Crippen molar-refractivity contribution in [3.63, 3.8) is 0 Å². The molecule has 3 amide bonds. The van der Waals surface area contributed by atoms with Crippen molar-refractivity contribution < 1.29 is 14.4 Å². The lowest BCUT2D eigenvalue weighted by Gasteiger charge is -2.16. The van der Waals surface area contributed by atoms with E-state index in [2.05, 4.69) is 12.2 Å². The van der Waals surface area contributed by atoms with Gasteiger partial charge in [0.1, 0.15) is 0 Å². The minimum absolute atomic E-state index is 0.00727. The Morgan fingerprint density at radius 3 is 2.48 bits per heavy atom. The summed E-state index contributed by atoms with van der Waals surface area (Å²) in [5.41, 5.74) is 3.55. The number of hydrogen-bond donors (Lipinski definition) is 1. The molecule has 6 heteroatoms. The second-order valence-corrected chi connectivity index (χ2v) is 8.60. The predicted molar refractivity (Wildman–Crippen MR) is 117 cm³/mol. The zero-order chi connectivity index (χ0) is 21.0. The van der Waals surface area contributed by atoms with Crippen LogP contribution in [-0.2, 0) is 14.4 Å². The normalized spacial score (nSPS) is 16.4. The van der Waals surface area contributed by atoms with Gasteiger partial charge < -0.3 is 5.32 Å².